The number of rotatable bonds is 5. The maximum Gasteiger partial charge on any atom is 0.161 e. The largest absolute Gasteiger partial charge is 0.493 e. The molecule has 0 unspecified atom stereocenters. The van der Waals surface area contributed by atoms with Crippen LogP contribution in [0.1, 0.15) is 36.5 Å². The Morgan fingerprint density at radius 3 is 2.17 bits per heavy atom. The second-order valence-corrected chi connectivity index (χ2v) is 5.56. The van der Waals surface area contributed by atoms with Gasteiger partial charge >= 0.3 is 0 Å². The molecule has 2 aromatic rings. The van der Waals surface area contributed by atoms with E-state index >= 15 is 0 Å². The topological polar surface area (TPSA) is 42.2 Å². The molecule has 0 fully saturated rings. The Kier molecular flexibility index (Phi) is 5.43. The van der Waals surface area contributed by atoms with Crippen molar-refractivity contribution >= 4 is 11.6 Å². The smallest absolute Gasteiger partial charge is 0.161 e. The molecule has 23 heavy (non-hydrogen) atoms. The van der Waals surface area contributed by atoms with Gasteiger partial charge in [-0.15, -0.1) is 0 Å². The fourth-order valence-electron chi connectivity index (χ4n) is 2.33. The van der Waals surface area contributed by atoms with Crippen LogP contribution in [0.2, 0.25) is 0 Å². The first kappa shape index (κ1) is 16.6. The second-order valence-electron chi connectivity index (χ2n) is 5.56. The van der Waals surface area contributed by atoms with Crippen molar-refractivity contribution in [3.8, 4) is 17.6 Å². The Hall–Kier alpha value is -2.73. The zero-order chi connectivity index (χ0) is 16.8. The molecule has 2 aromatic carbocycles. The zero-order valence-electron chi connectivity index (χ0n) is 14.0. The fraction of sp³-hybridized carbons (Fsp3) is 0.250. The van der Waals surface area contributed by atoms with Crippen molar-refractivity contribution in [2.45, 2.75) is 19.8 Å². The lowest BCUT2D eigenvalue weighted by Crippen LogP contribution is -1.92. The molecule has 0 aromatic heterocycles. The van der Waals surface area contributed by atoms with E-state index in [0.29, 0.717) is 23.0 Å². The Labute approximate surface area is 137 Å². The summed E-state index contributed by atoms with van der Waals surface area (Å²) in [5.74, 6) is 1.76. The monoisotopic (exact) mass is 307 g/mol. The van der Waals surface area contributed by atoms with E-state index in [9.17, 15) is 5.26 Å². The number of nitriles is 1. The van der Waals surface area contributed by atoms with Gasteiger partial charge in [-0.25, -0.2) is 0 Å². The highest BCUT2D eigenvalue weighted by molar-refractivity contribution is 5.90. The van der Waals surface area contributed by atoms with E-state index in [0.717, 1.165) is 11.1 Å². The zero-order valence-corrected chi connectivity index (χ0v) is 14.0. The molecule has 0 aliphatic heterocycles. The molecule has 0 bridgehead atoms. The third-order valence-electron chi connectivity index (χ3n) is 3.73. The fourth-order valence-corrected chi connectivity index (χ4v) is 2.33. The van der Waals surface area contributed by atoms with Gasteiger partial charge < -0.3 is 9.47 Å². The van der Waals surface area contributed by atoms with Crippen LogP contribution in [0.25, 0.3) is 11.6 Å². The van der Waals surface area contributed by atoms with Crippen molar-refractivity contribution < 1.29 is 9.47 Å². The highest BCUT2D eigenvalue weighted by Gasteiger charge is 2.08. The lowest BCUT2D eigenvalue weighted by atomic mass is 9.99. The van der Waals surface area contributed by atoms with Crippen LogP contribution in [-0.4, -0.2) is 14.2 Å². The second kappa shape index (κ2) is 7.51. The molecule has 118 valence electrons. The van der Waals surface area contributed by atoms with Crippen LogP contribution in [0.3, 0.4) is 0 Å². The van der Waals surface area contributed by atoms with Crippen LogP contribution in [-0.2, 0) is 0 Å². The van der Waals surface area contributed by atoms with E-state index in [2.05, 4.69) is 32.0 Å². The van der Waals surface area contributed by atoms with Gasteiger partial charge in [-0.3, -0.25) is 0 Å². The van der Waals surface area contributed by atoms with Crippen molar-refractivity contribution in [1.29, 1.82) is 5.26 Å². The van der Waals surface area contributed by atoms with Gasteiger partial charge in [0.1, 0.15) is 0 Å². The average molecular weight is 307 g/mol. The molecule has 0 aliphatic rings. The molecule has 0 radical (unpaired) electrons. The Morgan fingerprint density at radius 2 is 1.65 bits per heavy atom. The number of ether oxygens (including phenoxy) is 2. The minimum Gasteiger partial charge on any atom is -0.493 e. The van der Waals surface area contributed by atoms with E-state index in [1.54, 1.807) is 20.3 Å². The van der Waals surface area contributed by atoms with Crippen molar-refractivity contribution in [2.24, 2.45) is 0 Å². The minimum atomic E-state index is 0.495. The first-order chi connectivity index (χ1) is 11.1. The summed E-state index contributed by atoms with van der Waals surface area (Å²) >= 11 is 0. The standard InChI is InChI=1S/C20H21NO2/c1-14(2)16-7-5-15(6-8-16)11-18(13-21)17-9-10-19(22-3)20(12-17)23-4/h5-12,14H,1-4H3/b18-11+. The van der Waals surface area contributed by atoms with Crippen LogP contribution in [0.4, 0.5) is 0 Å². The van der Waals surface area contributed by atoms with Crippen LogP contribution < -0.4 is 9.47 Å². The van der Waals surface area contributed by atoms with Gasteiger partial charge in [-0.05, 0) is 46.9 Å². The van der Waals surface area contributed by atoms with Crippen LogP contribution >= 0.6 is 0 Å². The molecule has 3 nitrogen and oxygen atoms in total. The molecule has 3 heteroatoms. The normalized spacial score (nSPS) is 11.2. The number of nitrogens with zero attached hydrogens (tertiary/aromatic N) is 1. The predicted molar refractivity (Wildman–Crippen MR) is 93.6 cm³/mol. The maximum absolute atomic E-state index is 9.48. The summed E-state index contributed by atoms with van der Waals surface area (Å²) in [4.78, 5) is 0. The van der Waals surface area contributed by atoms with E-state index in [-0.39, 0.29) is 0 Å². The van der Waals surface area contributed by atoms with Crippen molar-refractivity contribution in [3.05, 3.63) is 59.2 Å². The van der Waals surface area contributed by atoms with Gasteiger partial charge in [-0.1, -0.05) is 38.1 Å². The molecular weight excluding hydrogens is 286 g/mol. The summed E-state index contributed by atoms with van der Waals surface area (Å²) in [7, 11) is 3.18. The molecule has 0 saturated carbocycles. The first-order valence-corrected chi connectivity index (χ1v) is 7.53. The van der Waals surface area contributed by atoms with Crippen molar-refractivity contribution in [2.75, 3.05) is 14.2 Å². The van der Waals surface area contributed by atoms with Gasteiger partial charge in [0.05, 0.1) is 25.9 Å². The lowest BCUT2D eigenvalue weighted by molar-refractivity contribution is 0.355. The highest BCUT2D eigenvalue weighted by atomic mass is 16.5. The summed E-state index contributed by atoms with van der Waals surface area (Å²) < 4.78 is 10.5. The number of hydrogen-bond acceptors (Lipinski definition) is 3. The summed E-state index contributed by atoms with van der Waals surface area (Å²) in [5, 5.41) is 9.48. The van der Waals surface area contributed by atoms with Crippen LogP contribution in [0.5, 0.6) is 11.5 Å². The Balaban J connectivity index is 2.37. The Morgan fingerprint density at radius 1 is 1.00 bits per heavy atom. The number of benzene rings is 2. The predicted octanol–water partition coefficient (Wildman–Crippen LogP) is 4.89. The van der Waals surface area contributed by atoms with Gasteiger partial charge in [-0.2, -0.15) is 5.26 Å². The first-order valence-electron chi connectivity index (χ1n) is 7.53. The molecule has 0 heterocycles. The third-order valence-corrected chi connectivity index (χ3v) is 3.73. The van der Waals surface area contributed by atoms with E-state index in [4.69, 9.17) is 9.47 Å². The molecular formula is C20H21NO2. The summed E-state index contributed by atoms with van der Waals surface area (Å²) in [5.41, 5.74) is 3.67. The lowest BCUT2D eigenvalue weighted by Gasteiger charge is -2.09. The third kappa shape index (κ3) is 3.92. The van der Waals surface area contributed by atoms with Gasteiger partial charge in [0.25, 0.3) is 0 Å². The highest BCUT2D eigenvalue weighted by Crippen LogP contribution is 2.31. The Bertz CT molecular complexity index is 737. The summed E-state index contributed by atoms with van der Waals surface area (Å²) in [6.45, 7) is 4.32. The van der Waals surface area contributed by atoms with E-state index < -0.39 is 0 Å². The van der Waals surface area contributed by atoms with Gasteiger partial charge in [0.2, 0.25) is 0 Å². The minimum absolute atomic E-state index is 0.495. The number of allylic oxidation sites excluding steroid dienone is 1. The van der Waals surface area contributed by atoms with Crippen LogP contribution in [0, 0.1) is 11.3 Å². The van der Waals surface area contributed by atoms with Crippen LogP contribution in [0.15, 0.2) is 42.5 Å². The van der Waals surface area contributed by atoms with Gasteiger partial charge in [0.15, 0.2) is 11.5 Å². The average Bonchev–Trinajstić information content (AvgIpc) is 2.59. The number of methoxy groups -OCH3 is 2. The quantitative estimate of drug-likeness (QED) is 0.583. The van der Waals surface area contributed by atoms with Crippen molar-refractivity contribution in [1.82, 2.24) is 0 Å². The maximum atomic E-state index is 9.48. The van der Waals surface area contributed by atoms with Gasteiger partial charge in [0, 0.05) is 0 Å². The number of hydrogen-bond donors (Lipinski definition) is 0. The molecule has 2 rings (SSSR count). The molecule has 0 saturated heterocycles. The van der Waals surface area contributed by atoms with E-state index in [1.165, 1.54) is 5.56 Å². The summed E-state index contributed by atoms with van der Waals surface area (Å²) in [6.07, 6.45) is 1.88. The van der Waals surface area contributed by atoms with E-state index in [1.807, 2.05) is 30.3 Å². The summed E-state index contributed by atoms with van der Waals surface area (Å²) in [6, 6.07) is 16.0. The molecule has 0 N–H and O–H groups in total. The molecule has 0 atom stereocenters. The van der Waals surface area contributed by atoms with Crippen molar-refractivity contribution in [3.63, 3.8) is 0 Å². The SMILES string of the molecule is COc1ccc(/C(C#N)=C/c2ccc(C(C)C)cc2)cc1OC. The molecule has 0 spiro atoms. The molecule has 0 amide bonds. The molecule has 0 aliphatic carbocycles.